The Kier molecular flexibility index (Phi) is 5.44. The summed E-state index contributed by atoms with van der Waals surface area (Å²) in [5.74, 6) is 0. The third-order valence-electron chi connectivity index (χ3n) is 1.85. The van der Waals surface area contributed by atoms with Gasteiger partial charge in [-0.2, -0.15) is 0 Å². The summed E-state index contributed by atoms with van der Waals surface area (Å²) >= 11 is 7.64. The first-order chi connectivity index (χ1) is 6.29. The number of hydrogen-bond donors (Lipinski definition) is 1. The molecule has 0 aliphatic rings. The molecule has 0 saturated carbocycles. The average Bonchev–Trinajstić information content (AvgIpc) is 2.55. The molecule has 13 heavy (non-hydrogen) atoms. The summed E-state index contributed by atoms with van der Waals surface area (Å²) in [7, 11) is 0. The molecule has 0 bridgehead atoms. The van der Waals surface area contributed by atoms with Gasteiger partial charge in [0.2, 0.25) is 0 Å². The van der Waals surface area contributed by atoms with Gasteiger partial charge >= 0.3 is 0 Å². The smallest absolute Gasteiger partial charge is 0.0319 e. The van der Waals surface area contributed by atoms with Crippen molar-refractivity contribution in [1.82, 2.24) is 5.32 Å². The molecular formula is C10H16ClNS. The van der Waals surface area contributed by atoms with Gasteiger partial charge in [0.25, 0.3) is 0 Å². The fourth-order valence-corrected chi connectivity index (χ4v) is 1.91. The number of halogens is 1. The Bertz CT molecular complexity index is 209. The van der Waals surface area contributed by atoms with Gasteiger partial charge in [-0.05, 0) is 44.3 Å². The van der Waals surface area contributed by atoms with E-state index >= 15 is 0 Å². The van der Waals surface area contributed by atoms with Crippen LogP contribution < -0.4 is 5.32 Å². The van der Waals surface area contributed by atoms with E-state index in [2.05, 4.69) is 22.8 Å². The molecule has 0 spiro atoms. The van der Waals surface area contributed by atoms with Gasteiger partial charge < -0.3 is 5.32 Å². The highest BCUT2D eigenvalue weighted by Crippen LogP contribution is 2.08. The Morgan fingerprint density at radius 2 is 2.38 bits per heavy atom. The van der Waals surface area contributed by atoms with Crippen molar-refractivity contribution in [3.05, 3.63) is 22.4 Å². The van der Waals surface area contributed by atoms with Gasteiger partial charge in [-0.25, -0.2) is 0 Å². The van der Waals surface area contributed by atoms with Gasteiger partial charge in [-0.1, -0.05) is 6.07 Å². The van der Waals surface area contributed by atoms with Crippen LogP contribution in [0.25, 0.3) is 0 Å². The van der Waals surface area contributed by atoms with Crippen LogP contribution in [0.5, 0.6) is 0 Å². The minimum atomic E-state index is 0.286. The second-order valence-electron chi connectivity index (χ2n) is 3.15. The standard InChI is InChI=1S/C10H16ClNS/c1-9(11)4-6-12-7-5-10-3-2-8-13-10/h2-3,8-9,12H,4-7H2,1H3. The van der Waals surface area contributed by atoms with Crippen LogP contribution in [0.4, 0.5) is 0 Å². The van der Waals surface area contributed by atoms with E-state index in [4.69, 9.17) is 11.6 Å². The molecule has 1 atom stereocenters. The average molecular weight is 218 g/mol. The third kappa shape index (κ3) is 5.29. The number of nitrogens with one attached hydrogen (secondary N) is 1. The topological polar surface area (TPSA) is 12.0 Å². The lowest BCUT2D eigenvalue weighted by Crippen LogP contribution is -2.19. The predicted molar refractivity (Wildman–Crippen MR) is 60.8 cm³/mol. The normalized spacial score (nSPS) is 13.1. The molecule has 0 aliphatic heterocycles. The summed E-state index contributed by atoms with van der Waals surface area (Å²) in [5.41, 5.74) is 0. The lowest BCUT2D eigenvalue weighted by atomic mass is 10.3. The Morgan fingerprint density at radius 3 is 3.00 bits per heavy atom. The molecule has 0 saturated heterocycles. The van der Waals surface area contributed by atoms with Gasteiger partial charge in [-0.3, -0.25) is 0 Å². The molecule has 3 heteroatoms. The number of hydrogen-bond acceptors (Lipinski definition) is 2. The van der Waals surface area contributed by atoms with Crippen molar-refractivity contribution in [1.29, 1.82) is 0 Å². The SMILES string of the molecule is CC(Cl)CCNCCc1cccs1. The van der Waals surface area contributed by atoms with Crippen LogP contribution in [0.15, 0.2) is 17.5 Å². The first-order valence-electron chi connectivity index (χ1n) is 4.66. The van der Waals surface area contributed by atoms with Crippen molar-refractivity contribution in [2.75, 3.05) is 13.1 Å². The lowest BCUT2D eigenvalue weighted by molar-refractivity contribution is 0.645. The minimum absolute atomic E-state index is 0.286. The van der Waals surface area contributed by atoms with E-state index < -0.39 is 0 Å². The Balaban J connectivity index is 1.96. The second-order valence-corrected chi connectivity index (χ2v) is 4.93. The molecular weight excluding hydrogens is 202 g/mol. The van der Waals surface area contributed by atoms with E-state index in [9.17, 15) is 0 Å². The maximum Gasteiger partial charge on any atom is 0.0319 e. The summed E-state index contributed by atoms with van der Waals surface area (Å²) in [6, 6.07) is 4.28. The molecule has 1 N–H and O–H groups in total. The minimum Gasteiger partial charge on any atom is -0.316 e. The molecule has 1 heterocycles. The molecule has 1 rings (SSSR count). The first-order valence-corrected chi connectivity index (χ1v) is 5.98. The second kappa shape index (κ2) is 6.41. The molecule has 0 radical (unpaired) electrons. The monoisotopic (exact) mass is 217 g/mol. The third-order valence-corrected chi connectivity index (χ3v) is 3.00. The Morgan fingerprint density at radius 1 is 1.54 bits per heavy atom. The van der Waals surface area contributed by atoms with Crippen LogP contribution in [-0.4, -0.2) is 18.5 Å². The molecule has 0 aliphatic carbocycles. The maximum atomic E-state index is 5.82. The van der Waals surface area contributed by atoms with Crippen molar-refractivity contribution < 1.29 is 0 Å². The number of rotatable bonds is 6. The highest BCUT2D eigenvalue weighted by atomic mass is 35.5. The van der Waals surface area contributed by atoms with Gasteiger partial charge in [0.1, 0.15) is 0 Å². The zero-order valence-electron chi connectivity index (χ0n) is 7.92. The molecule has 1 aromatic heterocycles. The summed E-state index contributed by atoms with van der Waals surface area (Å²) in [5, 5.41) is 5.78. The Labute approximate surface area is 89.1 Å². The molecule has 0 aromatic carbocycles. The molecule has 0 fully saturated rings. The van der Waals surface area contributed by atoms with E-state index in [0.29, 0.717) is 0 Å². The maximum absolute atomic E-state index is 5.82. The fourth-order valence-electron chi connectivity index (χ4n) is 1.09. The predicted octanol–water partition coefficient (Wildman–Crippen LogP) is 2.90. The molecule has 1 aromatic rings. The van der Waals surface area contributed by atoms with Crippen molar-refractivity contribution >= 4 is 22.9 Å². The van der Waals surface area contributed by atoms with E-state index in [-0.39, 0.29) is 5.38 Å². The van der Waals surface area contributed by atoms with Crippen molar-refractivity contribution in [3.63, 3.8) is 0 Å². The zero-order valence-corrected chi connectivity index (χ0v) is 9.50. The quantitative estimate of drug-likeness (QED) is 0.571. The highest BCUT2D eigenvalue weighted by Gasteiger charge is 1.96. The van der Waals surface area contributed by atoms with Crippen LogP contribution in [0, 0.1) is 0 Å². The van der Waals surface area contributed by atoms with E-state index in [1.54, 1.807) is 0 Å². The fraction of sp³-hybridized carbons (Fsp3) is 0.600. The molecule has 1 nitrogen and oxygen atoms in total. The molecule has 1 unspecified atom stereocenters. The number of thiophene rings is 1. The van der Waals surface area contributed by atoms with Crippen LogP contribution in [0.2, 0.25) is 0 Å². The zero-order chi connectivity index (χ0) is 9.52. The van der Waals surface area contributed by atoms with E-state index in [1.165, 1.54) is 4.88 Å². The van der Waals surface area contributed by atoms with E-state index in [1.807, 2.05) is 18.3 Å². The first kappa shape index (κ1) is 11.0. The molecule has 0 amide bonds. The van der Waals surface area contributed by atoms with Crippen LogP contribution in [-0.2, 0) is 6.42 Å². The van der Waals surface area contributed by atoms with Crippen LogP contribution in [0.1, 0.15) is 18.2 Å². The van der Waals surface area contributed by atoms with Crippen molar-refractivity contribution in [2.24, 2.45) is 0 Å². The van der Waals surface area contributed by atoms with Crippen LogP contribution >= 0.6 is 22.9 Å². The van der Waals surface area contributed by atoms with Gasteiger partial charge in [-0.15, -0.1) is 22.9 Å². The number of alkyl halides is 1. The largest absolute Gasteiger partial charge is 0.316 e. The summed E-state index contributed by atoms with van der Waals surface area (Å²) in [6.45, 7) is 4.11. The summed E-state index contributed by atoms with van der Waals surface area (Å²) in [6.07, 6.45) is 2.18. The molecule has 74 valence electrons. The van der Waals surface area contributed by atoms with Crippen LogP contribution in [0.3, 0.4) is 0 Å². The lowest BCUT2D eigenvalue weighted by Gasteiger charge is -2.04. The van der Waals surface area contributed by atoms with Gasteiger partial charge in [0.05, 0.1) is 0 Å². The van der Waals surface area contributed by atoms with Gasteiger partial charge in [0.15, 0.2) is 0 Å². The van der Waals surface area contributed by atoms with Crippen molar-refractivity contribution in [2.45, 2.75) is 25.1 Å². The summed E-state index contributed by atoms with van der Waals surface area (Å²) < 4.78 is 0. The van der Waals surface area contributed by atoms with E-state index in [0.717, 1.165) is 25.9 Å². The highest BCUT2D eigenvalue weighted by molar-refractivity contribution is 7.09. The van der Waals surface area contributed by atoms with Gasteiger partial charge in [0, 0.05) is 10.3 Å². The Hall–Kier alpha value is -0.0500. The van der Waals surface area contributed by atoms with Crippen molar-refractivity contribution in [3.8, 4) is 0 Å². The summed E-state index contributed by atoms with van der Waals surface area (Å²) in [4.78, 5) is 1.45.